The first kappa shape index (κ1) is 15.5. The molecule has 22 heavy (non-hydrogen) atoms. The topological polar surface area (TPSA) is 70.7 Å². The summed E-state index contributed by atoms with van der Waals surface area (Å²) < 4.78 is 5.41. The number of morpholine rings is 1. The third-order valence-electron chi connectivity index (χ3n) is 4.14. The molecule has 1 aromatic rings. The summed E-state index contributed by atoms with van der Waals surface area (Å²) in [5.41, 5.74) is 0. The van der Waals surface area contributed by atoms with Gasteiger partial charge >= 0.3 is 0 Å². The molecule has 0 aromatic carbocycles. The zero-order valence-electron chi connectivity index (χ0n) is 12.4. The Morgan fingerprint density at radius 3 is 2.95 bits per heavy atom. The average molecular weight is 323 g/mol. The lowest BCUT2D eigenvalue weighted by Crippen LogP contribution is -2.47. The van der Waals surface area contributed by atoms with E-state index in [1.165, 1.54) is 4.88 Å². The lowest BCUT2D eigenvalue weighted by molar-refractivity contribution is -0.126. The predicted molar refractivity (Wildman–Crippen MR) is 83.6 cm³/mol. The van der Waals surface area contributed by atoms with Crippen molar-refractivity contribution < 1.29 is 14.3 Å². The standard InChI is InChI=1S/C15H21N3O3S/c19-14-4-3-11(17-14)15(20)16-10-12(13-2-1-9-22-13)18-5-7-21-8-6-18/h1-2,9,11-12H,3-8,10H2,(H,16,20)(H,17,19)/t11-,12+/m1/s1. The molecule has 0 bridgehead atoms. The van der Waals surface area contributed by atoms with Crippen molar-refractivity contribution >= 4 is 23.2 Å². The Morgan fingerprint density at radius 1 is 1.50 bits per heavy atom. The molecule has 0 spiro atoms. The molecule has 2 N–H and O–H groups in total. The quantitative estimate of drug-likeness (QED) is 0.829. The maximum atomic E-state index is 12.2. The summed E-state index contributed by atoms with van der Waals surface area (Å²) in [7, 11) is 0. The number of nitrogens with one attached hydrogen (secondary N) is 2. The maximum absolute atomic E-state index is 12.2. The third kappa shape index (κ3) is 3.66. The Balaban J connectivity index is 1.60. The minimum Gasteiger partial charge on any atom is -0.379 e. The maximum Gasteiger partial charge on any atom is 0.242 e. The fourth-order valence-corrected chi connectivity index (χ4v) is 3.77. The van der Waals surface area contributed by atoms with Crippen LogP contribution < -0.4 is 10.6 Å². The van der Waals surface area contributed by atoms with Crippen LogP contribution in [0.1, 0.15) is 23.8 Å². The number of amides is 2. The minimum atomic E-state index is -0.374. The molecule has 1 aromatic heterocycles. The van der Waals surface area contributed by atoms with Gasteiger partial charge in [0.25, 0.3) is 0 Å². The Morgan fingerprint density at radius 2 is 2.32 bits per heavy atom. The van der Waals surface area contributed by atoms with E-state index in [9.17, 15) is 9.59 Å². The molecular formula is C15H21N3O3S. The summed E-state index contributed by atoms with van der Waals surface area (Å²) in [4.78, 5) is 27.0. The van der Waals surface area contributed by atoms with Crippen molar-refractivity contribution in [2.75, 3.05) is 32.8 Å². The second kappa shape index (κ2) is 7.21. The summed E-state index contributed by atoms with van der Waals surface area (Å²) in [5, 5.41) is 7.77. The van der Waals surface area contributed by atoms with Gasteiger partial charge in [0.1, 0.15) is 6.04 Å². The van der Waals surface area contributed by atoms with Crippen molar-refractivity contribution in [2.24, 2.45) is 0 Å². The molecule has 3 rings (SSSR count). The molecule has 0 radical (unpaired) electrons. The van der Waals surface area contributed by atoms with Crippen LogP contribution in [0.15, 0.2) is 17.5 Å². The number of rotatable bonds is 5. The van der Waals surface area contributed by atoms with Gasteiger partial charge in [0.15, 0.2) is 0 Å². The van der Waals surface area contributed by atoms with E-state index in [-0.39, 0.29) is 23.9 Å². The fourth-order valence-electron chi connectivity index (χ4n) is 2.91. The van der Waals surface area contributed by atoms with E-state index in [0.29, 0.717) is 19.4 Å². The smallest absolute Gasteiger partial charge is 0.242 e. The molecule has 2 atom stereocenters. The zero-order chi connectivity index (χ0) is 15.4. The summed E-state index contributed by atoms with van der Waals surface area (Å²) in [5.74, 6) is -0.121. The van der Waals surface area contributed by atoms with Crippen LogP contribution in [0.5, 0.6) is 0 Å². The second-order valence-electron chi connectivity index (χ2n) is 5.58. The SMILES string of the molecule is O=C1CC[C@H](C(=O)NC[C@@H](c2cccs2)N2CCOCC2)N1. The van der Waals surface area contributed by atoms with Crippen molar-refractivity contribution in [3.8, 4) is 0 Å². The van der Waals surface area contributed by atoms with Gasteiger partial charge in [0, 0.05) is 30.9 Å². The first-order valence-corrected chi connectivity index (χ1v) is 8.54. The monoisotopic (exact) mass is 323 g/mol. The first-order chi connectivity index (χ1) is 10.7. The molecular weight excluding hydrogens is 302 g/mol. The molecule has 7 heteroatoms. The van der Waals surface area contributed by atoms with Gasteiger partial charge in [-0.2, -0.15) is 0 Å². The molecule has 2 fully saturated rings. The van der Waals surface area contributed by atoms with E-state index in [2.05, 4.69) is 27.0 Å². The Hall–Kier alpha value is -1.44. The highest BCUT2D eigenvalue weighted by atomic mass is 32.1. The number of carbonyl (C=O) groups is 2. The largest absolute Gasteiger partial charge is 0.379 e. The van der Waals surface area contributed by atoms with Crippen LogP contribution in [0.4, 0.5) is 0 Å². The molecule has 6 nitrogen and oxygen atoms in total. The Labute approximate surface area is 133 Å². The number of ether oxygens (including phenoxy) is 1. The van der Waals surface area contributed by atoms with Crippen LogP contribution in [-0.4, -0.2) is 55.6 Å². The van der Waals surface area contributed by atoms with Gasteiger partial charge in [-0.1, -0.05) is 6.07 Å². The molecule has 0 saturated carbocycles. The summed E-state index contributed by atoms with van der Waals surface area (Å²) in [6.45, 7) is 3.77. The van der Waals surface area contributed by atoms with Crippen LogP contribution in [0.2, 0.25) is 0 Å². The average Bonchev–Trinajstić information content (AvgIpc) is 3.20. The van der Waals surface area contributed by atoms with Crippen molar-refractivity contribution in [3.63, 3.8) is 0 Å². The van der Waals surface area contributed by atoms with Crippen LogP contribution >= 0.6 is 11.3 Å². The molecule has 3 heterocycles. The lowest BCUT2D eigenvalue weighted by atomic mass is 10.1. The number of carbonyl (C=O) groups excluding carboxylic acids is 2. The fraction of sp³-hybridized carbons (Fsp3) is 0.600. The van der Waals surface area contributed by atoms with Crippen molar-refractivity contribution in [1.82, 2.24) is 15.5 Å². The van der Waals surface area contributed by atoms with Gasteiger partial charge in [0.05, 0.1) is 19.3 Å². The van der Waals surface area contributed by atoms with Gasteiger partial charge in [-0.15, -0.1) is 11.3 Å². The van der Waals surface area contributed by atoms with Gasteiger partial charge in [-0.25, -0.2) is 0 Å². The van der Waals surface area contributed by atoms with E-state index in [1.54, 1.807) is 11.3 Å². The third-order valence-corrected chi connectivity index (χ3v) is 5.11. The van der Waals surface area contributed by atoms with Crippen LogP contribution in [-0.2, 0) is 14.3 Å². The molecule has 0 unspecified atom stereocenters. The molecule has 2 aliphatic heterocycles. The van der Waals surface area contributed by atoms with Gasteiger partial charge in [-0.3, -0.25) is 14.5 Å². The summed E-state index contributed by atoms with van der Waals surface area (Å²) in [6, 6.07) is 3.94. The predicted octanol–water partition coefficient (Wildman–Crippen LogP) is 0.516. The molecule has 0 aliphatic carbocycles. The number of nitrogens with zero attached hydrogens (tertiary/aromatic N) is 1. The van der Waals surface area contributed by atoms with Crippen LogP contribution in [0, 0.1) is 0 Å². The van der Waals surface area contributed by atoms with Gasteiger partial charge in [0.2, 0.25) is 11.8 Å². The van der Waals surface area contributed by atoms with Crippen LogP contribution in [0.25, 0.3) is 0 Å². The molecule has 120 valence electrons. The van der Waals surface area contributed by atoms with E-state index >= 15 is 0 Å². The first-order valence-electron chi connectivity index (χ1n) is 7.66. The van der Waals surface area contributed by atoms with Crippen molar-refractivity contribution in [1.29, 1.82) is 0 Å². The molecule has 2 aliphatic rings. The minimum absolute atomic E-state index is 0.0388. The lowest BCUT2D eigenvalue weighted by Gasteiger charge is -2.34. The van der Waals surface area contributed by atoms with Crippen LogP contribution in [0.3, 0.4) is 0 Å². The van der Waals surface area contributed by atoms with E-state index in [1.807, 2.05) is 6.07 Å². The van der Waals surface area contributed by atoms with Crippen molar-refractivity contribution in [2.45, 2.75) is 24.9 Å². The van der Waals surface area contributed by atoms with E-state index < -0.39 is 0 Å². The van der Waals surface area contributed by atoms with E-state index in [4.69, 9.17) is 4.74 Å². The van der Waals surface area contributed by atoms with Gasteiger partial charge < -0.3 is 15.4 Å². The zero-order valence-corrected chi connectivity index (χ0v) is 13.2. The molecule has 2 saturated heterocycles. The van der Waals surface area contributed by atoms with Gasteiger partial charge in [-0.05, 0) is 17.9 Å². The Kier molecular flexibility index (Phi) is 5.07. The Bertz CT molecular complexity index is 514. The highest BCUT2D eigenvalue weighted by molar-refractivity contribution is 7.10. The normalized spacial score (nSPS) is 24.0. The highest BCUT2D eigenvalue weighted by Gasteiger charge is 2.29. The van der Waals surface area contributed by atoms with Crippen molar-refractivity contribution in [3.05, 3.63) is 22.4 Å². The van der Waals surface area contributed by atoms with E-state index in [0.717, 1.165) is 26.3 Å². The number of hydrogen-bond acceptors (Lipinski definition) is 5. The number of thiophene rings is 1. The molecule has 2 amide bonds. The summed E-state index contributed by atoms with van der Waals surface area (Å²) in [6.07, 6.45) is 1.03. The summed E-state index contributed by atoms with van der Waals surface area (Å²) >= 11 is 1.71. The number of hydrogen-bond donors (Lipinski definition) is 2. The highest BCUT2D eigenvalue weighted by Crippen LogP contribution is 2.25. The second-order valence-corrected chi connectivity index (χ2v) is 6.56.